The van der Waals surface area contributed by atoms with Crippen LogP contribution in [0.3, 0.4) is 0 Å². The van der Waals surface area contributed by atoms with Crippen LogP contribution in [0.2, 0.25) is 0 Å². The second kappa shape index (κ2) is 8.96. The molecule has 0 saturated heterocycles. The Morgan fingerprint density at radius 1 is 1.21 bits per heavy atom. The van der Waals surface area contributed by atoms with E-state index >= 15 is 0 Å². The molecule has 130 valence electrons. The van der Waals surface area contributed by atoms with Gasteiger partial charge in [-0.25, -0.2) is 9.98 Å². The summed E-state index contributed by atoms with van der Waals surface area (Å²) in [5.74, 6) is 2.53. The molecule has 0 aliphatic heterocycles. The number of rotatable bonds is 7. The Labute approximate surface area is 143 Å². The third-order valence-electron chi connectivity index (χ3n) is 3.66. The molecule has 0 fully saturated rings. The molecule has 0 saturated carbocycles. The maximum absolute atomic E-state index is 9.28. The van der Waals surface area contributed by atoms with Crippen LogP contribution in [0.1, 0.15) is 36.3 Å². The molecule has 1 aromatic heterocycles. The lowest BCUT2D eigenvalue weighted by Gasteiger charge is -2.10. The zero-order valence-electron chi connectivity index (χ0n) is 14.6. The number of guanidine groups is 1. The predicted octanol–water partition coefficient (Wildman–Crippen LogP) is 2.68. The molecule has 0 aliphatic carbocycles. The number of phenolic OH excluding ortho intramolecular Hbond substituents is 1. The van der Waals surface area contributed by atoms with Gasteiger partial charge in [-0.15, -0.1) is 0 Å². The Morgan fingerprint density at radius 3 is 2.58 bits per heavy atom. The molecule has 0 aliphatic rings. The molecule has 0 bridgehead atoms. The summed E-state index contributed by atoms with van der Waals surface area (Å²) in [6.45, 7) is 7.90. The van der Waals surface area contributed by atoms with Gasteiger partial charge in [-0.2, -0.15) is 0 Å². The zero-order valence-corrected chi connectivity index (χ0v) is 14.6. The first-order valence-electron chi connectivity index (χ1n) is 8.31. The molecule has 3 N–H and O–H groups in total. The number of benzene rings is 1. The van der Waals surface area contributed by atoms with Gasteiger partial charge in [-0.05, 0) is 51.3 Å². The minimum atomic E-state index is 0.301. The number of oxazole rings is 1. The minimum Gasteiger partial charge on any atom is -0.508 e. The topological polar surface area (TPSA) is 82.7 Å². The highest BCUT2D eigenvalue weighted by Crippen LogP contribution is 2.11. The van der Waals surface area contributed by atoms with Crippen molar-refractivity contribution in [1.82, 2.24) is 15.6 Å². The van der Waals surface area contributed by atoms with Crippen LogP contribution in [0.5, 0.6) is 5.75 Å². The number of nitrogens with one attached hydrogen (secondary N) is 2. The third kappa shape index (κ3) is 5.61. The fraction of sp³-hybridized carbons (Fsp3) is 0.444. The first-order valence-corrected chi connectivity index (χ1v) is 8.31. The van der Waals surface area contributed by atoms with Crippen molar-refractivity contribution in [3.8, 4) is 5.75 Å². The van der Waals surface area contributed by atoms with E-state index in [0.717, 1.165) is 43.3 Å². The van der Waals surface area contributed by atoms with Crippen LogP contribution in [-0.4, -0.2) is 29.1 Å². The summed E-state index contributed by atoms with van der Waals surface area (Å²) in [7, 11) is 0. The number of aromatic nitrogens is 1. The van der Waals surface area contributed by atoms with Crippen LogP contribution >= 0.6 is 0 Å². The summed E-state index contributed by atoms with van der Waals surface area (Å²) in [5, 5.41) is 15.8. The van der Waals surface area contributed by atoms with Gasteiger partial charge in [-0.1, -0.05) is 12.1 Å². The van der Waals surface area contributed by atoms with Crippen molar-refractivity contribution in [3.05, 3.63) is 47.2 Å². The number of hydrogen-bond acceptors (Lipinski definition) is 4. The van der Waals surface area contributed by atoms with Crippen molar-refractivity contribution in [1.29, 1.82) is 0 Å². The number of hydrogen-bond donors (Lipinski definition) is 3. The van der Waals surface area contributed by atoms with E-state index < -0.39 is 0 Å². The van der Waals surface area contributed by atoms with Crippen LogP contribution in [0.4, 0.5) is 0 Å². The quantitative estimate of drug-likeness (QED) is 0.413. The normalized spacial score (nSPS) is 11.5. The number of phenols is 1. The second-order valence-corrected chi connectivity index (χ2v) is 5.64. The Kier molecular flexibility index (Phi) is 6.66. The number of aliphatic imine (C=N–C) groups is 1. The predicted molar refractivity (Wildman–Crippen MR) is 95.2 cm³/mol. The van der Waals surface area contributed by atoms with Gasteiger partial charge in [0.1, 0.15) is 18.1 Å². The van der Waals surface area contributed by atoms with E-state index in [4.69, 9.17) is 4.42 Å². The smallest absolute Gasteiger partial charge is 0.216 e. The lowest BCUT2D eigenvalue weighted by Crippen LogP contribution is -2.37. The molecule has 2 rings (SSSR count). The van der Waals surface area contributed by atoms with Gasteiger partial charge in [-0.3, -0.25) is 0 Å². The molecule has 2 aromatic rings. The fourth-order valence-electron chi connectivity index (χ4n) is 2.26. The fourth-order valence-corrected chi connectivity index (χ4v) is 2.26. The molecular weight excluding hydrogens is 304 g/mol. The van der Waals surface area contributed by atoms with Crippen LogP contribution in [-0.2, 0) is 13.0 Å². The van der Waals surface area contributed by atoms with E-state index in [9.17, 15) is 5.11 Å². The Morgan fingerprint density at radius 2 is 1.96 bits per heavy atom. The maximum atomic E-state index is 9.28. The minimum absolute atomic E-state index is 0.301. The molecule has 24 heavy (non-hydrogen) atoms. The van der Waals surface area contributed by atoms with Gasteiger partial charge >= 0.3 is 0 Å². The van der Waals surface area contributed by atoms with Crippen LogP contribution in [0, 0.1) is 13.8 Å². The Bertz CT molecular complexity index is 643. The summed E-state index contributed by atoms with van der Waals surface area (Å²) >= 11 is 0. The molecule has 0 unspecified atom stereocenters. The van der Waals surface area contributed by atoms with E-state index in [2.05, 4.69) is 20.6 Å². The molecular formula is C18H26N4O2. The van der Waals surface area contributed by atoms with Crippen LogP contribution in [0.15, 0.2) is 33.7 Å². The van der Waals surface area contributed by atoms with Crippen molar-refractivity contribution in [2.24, 2.45) is 4.99 Å². The van der Waals surface area contributed by atoms with Crippen molar-refractivity contribution in [2.75, 3.05) is 13.1 Å². The summed E-state index contributed by atoms with van der Waals surface area (Å²) < 4.78 is 5.54. The standard InChI is InChI=1S/C18H26N4O2/c1-4-19-18(21-12-17-22-13(2)14(3)24-17)20-11-5-6-15-7-9-16(23)10-8-15/h7-10,23H,4-6,11-12H2,1-3H3,(H2,19,20,21). The van der Waals surface area contributed by atoms with Gasteiger partial charge in [0.25, 0.3) is 0 Å². The summed E-state index contributed by atoms with van der Waals surface area (Å²) in [4.78, 5) is 8.84. The molecule has 0 amide bonds. The monoisotopic (exact) mass is 330 g/mol. The van der Waals surface area contributed by atoms with E-state index in [1.807, 2.05) is 32.9 Å². The van der Waals surface area contributed by atoms with E-state index in [0.29, 0.717) is 18.2 Å². The third-order valence-corrected chi connectivity index (χ3v) is 3.66. The largest absolute Gasteiger partial charge is 0.508 e. The highest BCUT2D eigenvalue weighted by Gasteiger charge is 2.05. The van der Waals surface area contributed by atoms with Crippen molar-refractivity contribution < 1.29 is 9.52 Å². The zero-order chi connectivity index (χ0) is 17.4. The number of aromatic hydroxyl groups is 1. The summed E-state index contributed by atoms with van der Waals surface area (Å²) in [6.07, 6.45) is 1.93. The van der Waals surface area contributed by atoms with Crippen molar-refractivity contribution in [2.45, 2.75) is 40.2 Å². The van der Waals surface area contributed by atoms with E-state index in [1.54, 1.807) is 12.1 Å². The van der Waals surface area contributed by atoms with E-state index in [-0.39, 0.29) is 0 Å². The maximum Gasteiger partial charge on any atom is 0.216 e. The van der Waals surface area contributed by atoms with Gasteiger partial charge < -0.3 is 20.2 Å². The molecule has 6 heteroatoms. The lowest BCUT2D eigenvalue weighted by molar-refractivity contribution is 0.472. The molecule has 1 aromatic carbocycles. The van der Waals surface area contributed by atoms with E-state index in [1.165, 1.54) is 5.56 Å². The Hall–Kier alpha value is -2.50. The second-order valence-electron chi connectivity index (χ2n) is 5.64. The number of aryl methyl sites for hydroxylation is 3. The number of nitrogens with zero attached hydrogens (tertiary/aromatic N) is 2. The van der Waals surface area contributed by atoms with Crippen LogP contribution < -0.4 is 10.6 Å². The Balaban J connectivity index is 1.79. The highest BCUT2D eigenvalue weighted by molar-refractivity contribution is 5.79. The van der Waals surface area contributed by atoms with Gasteiger partial charge in [0, 0.05) is 13.1 Å². The average Bonchev–Trinajstić information content (AvgIpc) is 2.89. The molecule has 1 heterocycles. The van der Waals surface area contributed by atoms with Gasteiger partial charge in [0.05, 0.1) is 5.69 Å². The molecule has 0 spiro atoms. The molecule has 6 nitrogen and oxygen atoms in total. The molecule has 0 atom stereocenters. The van der Waals surface area contributed by atoms with Gasteiger partial charge in [0.15, 0.2) is 5.96 Å². The van der Waals surface area contributed by atoms with Gasteiger partial charge in [0.2, 0.25) is 5.89 Å². The SMILES string of the molecule is CCNC(=NCc1nc(C)c(C)o1)NCCCc1ccc(O)cc1. The molecule has 0 radical (unpaired) electrons. The van der Waals surface area contributed by atoms with Crippen molar-refractivity contribution in [3.63, 3.8) is 0 Å². The lowest BCUT2D eigenvalue weighted by atomic mass is 10.1. The first-order chi connectivity index (χ1) is 11.6. The summed E-state index contributed by atoms with van der Waals surface area (Å²) in [5.41, 5.74) is 2.12. The van der Waals surface area contributed by atoms with Crippen LogP contribution in [0.25, 0.3) is 0 Å². The summed E-state index contributed by atoms with van der Waals surface area (Å²) in [6, 6.07) is 7.33. The average molecular weight is 330 g/mol. The highest BCUT2D eigenvalue weighted by atomic mass is 16.4. The first kappa shape index (κ1) is 17.8. The van der Waals surface area contributed by atoms with Crippen molar-refractivity contribution >= 4 is 5.96 Å².